The molecule has 0 bridgehead atoms. The SMILES string of the molecule is O=C(CC1OCCc2ccsc21)Nc1ccccc1-c1ncc[nH]1. The number of para-hydroxylation sites is 1. The number of benzene rings is 1. The van der Waals surface area contributed by atoms with Gasteiger partial charge in [0.15, 0.2) is 0 Å². The van der Waals surface area contributed by atoms with Crippen molar-refractivity contribution in [3.63, 3.8) is 0 Å². The fourth-order valence-electron chi connectivity index (χ4n) is 2.96. The molecule has 0 saturated heterocycles. The summed E-state index contributed by atoms with van der Waals surface area (Å²) >= 11 is 1.66. The van der Waals surface area contributed by atoms with Gasteiger partial charge in [0.05, 0.1) is 18.7 Å². The molecule has 1 unspecified atom stereocenters. The first-order valence-corrected chi connectivity index (χ1v) is 8.76. The van der Waals surface area contributed by atoms with Crippen LogP contribution < -0.4 is 5.32 Å². The third-order valence-electron chi connectivity index (χ3n) is 4.09. The van der Waals surface area contributed by atoms with E-state index in [1.807, 2.05) is 24.3 Å². The number of anilines is 1. The van der Waals surface area contributed by atoms with E-state index in [-0.39, 0.29) is 12.0 Å². The van der Waals surface area contributed by atoms with Crippen molar-refractivity contribution in [2.45, 2.75) is 18.9 Å². The van der Waals surface area contributed by atoms with Crippen LogP contribution in [-0.4, -0.2) is 22.5 Å². The van der Waals surface area contributed by atoms with Gasteiger partial charge in [-0.3, -0.25) is 4.79 Å². The zero-order valence-corrected chi connectivity index (χ0v) is 13.8. The molecule has 122 valence electrons. The number of ether oxygens (including phenoxy) is 1. The highest BCUT2D eigenvalue weighted by atomic mass is 32.1. The van der Waals surface area contributed by atoms with Crippen molar-refractivity contribution >= 4 is 22.9 Å². The van der Waals surface area contributed by atoms with Crippen LogP contribution in [-0.2, 0) is 16.0 Å². The molecule has 6 heteroatoms. The maximum absolute atomic E-state index is 12.5. The number of carbonyl (C=O) groups excluding carboxylic acids is 1. The van der Waals surface area contributed by atoms with Gasteiger partial charge in [0.1, 0.15) is 11.9 Å². The summed E-state index contributed by atoms with van der Waals surface area (Å²) in [7, 11) is 0. The number of fused-ring (bicyclic) bond motifs is 1. The smallest absolute Gasteiger partial charge is 0.227 e. The molecular formula is C18H17N3O2S. The summed E-state index contributed by atoms with van der Waals surface area (Å²) in [5, 5.41) is 5.06. The van der Waals surface area contributed by atoms with Crippen molar-refractivity contribution in [2.75, 3.05) is 11.9 Å². The number of hydrogen-bond donors (Lipinski definition) is 2. The summed E-state index contributed by atoms with van der Waals surface area (Å²) in [6.07, 6.45) is 4.56. The highest BCUT2D eigenvalue weighted by Crippen LogP contribution is 2.34. The van der Waals surface area contributed by atoms with E-state index in [0.29, 0.717) is 13.0 Å². The lowest BCUT2D eigenvalue weighted by Crippen LogP contribution is -2.21. The number of thiophene rings is 1. The van der Waals surface area contributed by atoms with E-state index in [0.717, 1.165) is 23.5 Å². The summed E-state index contributed by atoms with van der Waals surface area (Å²) in [5.74, 6) is 0.681. The van der Waals surface area contributed by atoms with E-state index in [9.17, 15) is 4.79 Å². The molecule has 1 aliphatic rings. The van der Waals surface area contributed by atoms with Crippen molar-refractivity contribution in [1.29, 1.82) is 0 Å². The lowest BCUT2D eigenvalue weighted by Gasteiger charge is -2.22. The van der Waals surface area contributed by atoms with Crippen molar-refractivity contribution in [3.05, 3.63) is 58.5 Å². The van der Waals surface area contributed by atoms with Gasteiger partial charge in [0.25, 0.3) is 0 Å². The van der Waals surface area contributed by atoms with Crippen LogP contribution >= 0.6 is 11.3 Å². The topological polar surface area (TPSA) is 67.0 Å². The number of aromatic amines is 1. The highest BCUT2D eigenvalue weighted by Gasteiger charge is 2.25. The zero-order valence-electron chi connectivity index (χ0n) is 13.0. The standard InChI is InChI=1S/C18H17N3O2S/c22-16(11-15-17-12(5-9-23-15)6-10-24-17)21-14-4-2-1-3-13(14)18-19-7-8-20-18/h1-4,6-8,10,15H,5,9,11H2,(H,19,20)(H,21,22). The number of carbonyl (C=O) groups is 1. The number of nitrogens with one attached hydrogen (secondary N) is 2. The molecule has 0 aliphatic carbocycles. The van der Waals surface area contributed by atoms with E-state index in [2.05, 4.69) is 26.7 Å². The minimum absolute atomic E-state index is 0.0553. The van der Waals surface area contributed by atoms with Crippen molar-refractivity contribution in [2.24, 2.45) is 0 Å². The van der Waals surface area contributed by atoms with Crippen LogP contribution in [0.15, 0.2) is 48.1 Å². The Morgan fingerprint density at radius 1 is 1.38 bits per heavy atom. The maximum Gasteiger partial charge on any atom is 0.227 e. The Bertz CT molecular complexity index is 842. The average molecular weight is 339 g/mol. The van der Waals surface area contributed by atoms with E-state index in [1.54, 1.807) is 23.7 Å². The molecule has 2 aromatic heterocycles. The van der Waals surface area contributed by atoms with Gasteiger partial charge in [-0.05, 0) is 35.6 Å². The number of hydrogen-bond acceptors (Lipinski definition) is 4. The van der Waals surface area contributed by atoms with Crippen LogP contribution in [0.2, 0.25) is 0 Å². The van der Waals surface area contributed by atoms with E-state index >= 15 is 0 Å². The Balaban J connectivity index is 1.50. The summed E-state index contributed by atoms with van der Waals surface area (Å²) in [5.41, 5.74) is 2.93. The Morgan fingerprint density at radius 3 is 3.17 bits per heavy atom. The predicted octanol–water partition coefficient (Wildman–Crippen LogP) is 3.78. The van der Waals surface area contributed by atoms with Crippen LogP contribution in [0, 0.1) is 0 Å². The summed E-state index contributed by atoms with van der Waals surface area (Å²) < 4.78 is 5.80. The van der Waals surface area contributed by atoms with Crippen LogP contribution in [0.1, 0.15) is 23.0 Å². The molecule has 3 aromatic rings. The fraction of sp³-hybridized carbons (Fsp3) is 0.222. The van der Waals surface area contributed by atoms with Gasteiger partial charge in [-0.25, -0.2) is 4.98 Å². The molecule has 0 saturated carbocycles. The summed E-state index contributed by atoms with van der Waals surface area (Å²) in [6.45, 7) is 0.671. The van der Waals surface area contributed by atoms with Gasteiger partial charge in [-0.2, -0.15) is 0 Å². The molecular weight excluding hydrogens is 322 g/mol. The average Bonchev–Trinajstić information content (AvgIpc) is 3.27. The number of aromatic nitrogens is 2. The lowest BCUT2D eigenvalue weighted by atomic mass is 10.1. The molecule has 1 amide bonds. The molecule has 1 aromatic carbocycles. The first-order valence-electron chi connectivity index (χ1n) is 7.88. The first kappa shape index (κ1) is 15.1. The Labute approximate surface area is 143 Å². The van der Waals surface area contributed by atoms with Gasteiger partial charge in [0, 0.05) is 22.8 Å². The van der Waals surface area contributed by atoms with Crippen molar-refractivity contribution in [3.8, 4) is 11.4 Å². The molecule has 2 N–H and O–H groups in total. The van der Waals surface area contributed by atoms with E-state index in [4.69, 9.17) is 4.74 Å². The minimum atomic E-state index is -0.149. The molecule has 4 rings (SSSR count). The minimum Gasteiger partial charge on any atom is -0.372 e. The number of amides is 1. The molecule has 3 heterocycles. The molecule has 1 atom stereocenters. The van der Waals surface area contributed by atoms with Gasteiger partial charge in [0.2, 0.25) is 5.91 Å². The van der Waals surface area contributed by atoms with Crippen molar-refractivity contribution in [1.82, 2.24) is 9.97 Å². The summed E-state index contributed by atoms with van der Waals surface area (Å²) in [6, 6.07) is 9.77. The first-order chi connectivity index (χ1) is 11.8. The largest absolute Gasteiger partial charge is 0.372 e. The number of nitrogens with zero attached hydrogens (tertiary/aromatic N) is 1. The van der Waals surface area contributed by atoms with Gasteiger partial charge in [-0.1, -0.05) is 12.1 Å². The second kappa shape index (κ2) is 6.59. The normalized spacial score (nSPS) is 16.6. The number of H-pyrrole nitrogens is 1. The van der Waals surface area contributed by atoms with Gasteiger partial charge < -0.3 is 15.0 Å². The molecule has 5 nitrogen and oxygen atoms in total. The predicted molar refractivity (Wildman–Crippen MR) is 94.0 cm³/mol. The fourth-order valence-corrected chi connectivity index (χ4v) is 3.96. The second-order valence-corrected chi connectivity index (χ2v) is 6.60. The Kier molecular flexibility index (Phi) is 4.15. The van der Waals surface area contributed by atoms with Crippen LogP contribution in [0.5, 0.6) is 0 Å². The van der Waals surface area contributed by atoms with E-state index < -0.39 is 0 Å². The van der Waals surface area contributed by atoms with Gasteiger partial charge >= 0.3 is 0 Å². The second-order valence-electron chi connectivity index (χ2n) is 5.66. The van der Waals surface area contributed by atoms with Gasteiger partial charge in [-0.15, -0.1) is 11.3 Å². The quantitative estimate of drug-likeness (QED) is 0.760. The molecule has 24 heavy (non-hydrogen) atoms. The maximum atomic E-state index is 12.5. The molecule has 0 fully saturated rings. The number of imidazole rings is 1. The third-order valence-corrected chi connectivity index (χ3v) is 5.14. The van der Waals surface area contributed by atoms with Crippen LogP contribution in [0.4, 0.5) is 5.69 Å². The van der Waals surface area contributed by atoms with Crippen molar-refractivity contribution < 1.29 is 9.53 Å². The monoisotopic (exact) mass is 339 g/mol. The molecule has 0 spiro atoms. The Morgan fingerprint density at radius 2 is 2.29 bits per heavy atom. The van der Waals surface area contributed by atoms with Crippen LogP contribution in [0.3, 0.4) is 0 Å². The zero-order chi connectivity index (χ0) is 16.4. The number of rotatable bonds is 4. The third kappa shape index (κ3) is 2.98. The molecule has 0 radical (unpaired) electrons. The van der Waals surface area contributed by atoms with E-state index in [1.165, 1.54) is 10.4 Å². The summed E-state index contributed by atoms with van der Waals surface area (Å²) in [4.78, 5) is 21.0. The highest BCUT2D eigenvalue weighted by molar-refractivity contribution is 7.10. The van der Waals surface area contributed by atoms with Crippen LogP contribution in [0.25, 0.3) is 11.4 Å². The Hall–Kier alpha value is -2.44. The molecule has 1 aliphatic heterocycles. The lowest BCUT2D eigenvalue weighted by molar-refractivity contribution is -0.119.